The van der Waals surface area contributed by atoms with Gasteiger partial charge in [0.1, 0.15) is 5.65 Å². The molecule has 0 bridgehead atoms. The predicted molar refractivity (Wildman–Crippen MR) is 99.0 cm³/mol. The van der Waals surface area contributed by atoms with Crippen molar-refractivity contribution in [2.45, 2.75) is 71.4 Å². The molecule has 0 aromatic carbocycles. The van der Waals surface area contributed by atoms with Gasteiger partial charge in [0.25, 0.3) is 5.91 Å². The molecule has 1 aliphatic carbocycles. The summed E-state index contributed by atoms with van der Waals surface area (Å²) in [5.41, 5.74) is 3.42. The minimum absolute atomic E-state index is 0.0182. The van der Waals surface area contributed by atoms with Crippen LogP contribution < -0.4 is 5.32 Å². The number of fused-ring (bicyclic) bond motifs is 1. The Balaban J connectivity index is 1.59. The standard InChI is InChI=1S/C20H29N3O2/c1-4-5-12-25-17-8-6-16(7-9-17)22-20(24)18-10-11-23-15(3)13-14(2)21-19(18)23/h10-11,13,16-17H,4-9,12H2,1-3H3,(H,22,24)/t16-,17-. The lowest BCUT2D eigenvalue weighted by Gasteiger charge is -2.29. The Morgan fingerprint density at radius 2 is 2.08 bits per heavy atom. The van der Waals surface area contributed by atoms with Crippen molar-refractivity contribution in [2.24, 2.45) is 0 Å². The van der Waals surface area contributed by atoms with E-state index in [2.05, 4.69) is 17.2 Å². The van der Waals surface area contributed by atoms with Crippen molar-refractivity contribution >= 4 is 11.6 Å². The molecule has 1 fully saturated rings. The third kappa shape index (κ3) is 4.21. The van der Waals surface area contributed by atoms with Crippen LogP contribution in [0.15, 0.2) is 18.3 Å². The summed E-state index contributed by atoms with van der Waals surface area (Å²) in [5, 5.41) is 3.19. The highest BCUT2D eigenvalue weighted by Gasteiger charge is 2.24. The monoisotopic (exact) mass is 343 g/mol. The van der Waals surface area contributed by atoms with Gasteiger partial charge in [-0.2, -0.15) is 0 Å². The molecule has 25 heavy (non-hydrogen) atoms. The first kappa shape index (κ1) is 17.9. The van der Waals surface area contributed by atoms with Gasteiger partial charge in [-0.15, -0.1) is 0 Å². The van der Waals surface area contributed by atoms with Crippen LogP contribution in [0.2, 0.25) is 0 Å². The van der Waals surface area contributed by atoms with E-state index in [9.17, 15) is 4.79 Å². The Labute approximate surface area is 149 Å². The Bertz CT molecular complexity index is 730. The summed E-state index contributed by atoms with van der Waals surface area (Å²) in [4.78, 5) is 17.3. The highest BCUT2D eigenvalue weighted by Crippen LogP contribution is 2.22. The molecule has 1 N–H and O–H groups in total. The van der Waals surface area contributed by atoms with Crippen LogP contribution in [0.5, 0.6) is 0 Å². The van der Waals surface area contributed by atoms with Crippen molar-refractivity contribution in [3.63, 3.8) is 0 Å². The Morgan fingerprint density at radius 1 is 1.32 bits per heavy atom. The van der Waals surface area contributed by atoms with Crippen LogP contribution >= 0.6 is 0 Å². The molecule has 3 rings (SSSR count). The maximum atomic E-state index is 12.7. The van der Waals surface area contributed by atoms with Gasteiger partial charge in [0.15, 0.2) is 0 Å². The van der Waals surface area contributed by atoms with Gasteiger partial charge in [0.05, 0.1) is 11.7 Å². The maximum absolute atomic E-state index is 12.7. The normalized spacial score (nSPS) is 20.8. The molecule has 1 saturated carbocycles. The second-order valence-electron chi connectivity index (χ2n) is 7.13. The second-order valence-corrected chi connectivity index (χ2v) is 7.13. The van der Waals surface area contributed by atoms with Gasteiger partial charge in [-0.25, -0.2) is 4.98 Å². The number of aromatic nitrogens is 2. The summed E-state index contributed by atoms with van der Waals surface area (Å²) in [5.74, 6) is -0.0182. The number of carbonyl (C=O) groups excluding carboxylic acids is 1. The quantitative estimate of drug-likeness (QED) is 0.812. The number of nitrogens with zero attached hydrogens (tertiary/aromatic N) is 2. The van der Waals surface area contributed by atoms with E-state index in [1.54, 1.807) is 0 Å². The van der Waals surface area contributed by atoms with Gasteiger partial charge in [0, 0.05) is 30.2 Å². The number of ether oxygens (including phenoxy) is 1. The number of hydrogen-bond donors (Lipinski definition) is 1. The lowest BCUT2D eigenvalue weighted by molar-refractivity contribution is 0.0209. The number of hydrogen-bond acceptors (Lipinski definition) is 3. The van der Waals surface area contributed by atoms with Crippen molar-refractivity contribution in [2.75, 3.05) is 6.61 Å². The first-order valence-electron chi connectivity index (χ1n) is 9.46. The minimum atomic E-state index is -0.0182. The smallest absolute Gasteiger partial charge is 0.255 e. The van der Waals surface area contributed by atoms with Crippen LogP contribution in [0, 0.1) is 13.8 Å². The molecule has 136 valence electrons. The van der Waals surface area contributed by atoms with Crippen LogP contribution in [0.1, 0.15) is 67.2 Å². The van der Waals surface area contributed by atoms with Crippen LogP contribution in [0.25, 0.3) is 5.65 Å². The summed E-state index contributed by atoms with van der Waals surface area (Å²) in [6, 6.07) is 4.12. The molecule has 0 atom stereocenters. The van der Waals surface area contributed by atoms with Gasteiger partial charge < -0.3 is 14.5 Å². The first-order valence-corrected chi connectivity index (χ1v) is 9.46. The van der Waals surface area contributed by atoms with Gasteiger partial charge in [0.2, 0.25) is 0 Å². The van der Waals surface area contributed by atoms with Crippen LogP contribution in [0.4, 0.5) is 0 Å². The van der Waals surface area contributed by atoms with Crippen molar-refractivity contribution in [1.82, 2.24) is 14.7 Å². The van der Waals surface area contributed by atoms with Crippen molar-refractivity contribution in [1.29, 1.82) is 0 Å². The molecule has 0 radical (unpaired) electrons. The fourth-order valence-corrected chi connectivity index (χ4v) is 3.60. The molecule has 2 heterocycles. The molecule has 2 aromatic heterocycles. The number of amides is 1. The van der Waals surface area contributed by atoms with Gasteiger partial charge in [-0.3, -0.25) is 4.79 Å². The molecule has 0 saturated heterocycles. The Hall–Kier alpha value is -1.88. The third-order valence-corrected chi connectivity index (χ3v) is 5.04. The predicted octanol–water partition coefficient (Wildman–Crippen LogP) is 3.81. The molecule has 0 unspecified atom stereocenters. The molecule has 0 aliphatic heterocycles. The van der Waals surface area contributed by atoms with E-state index < -0.39 is 0 Å². The molecule has 0 spiro atoms. The maximum Gasteiger partial charge on any atom is 0.255 e. The number of aryl methyl sites for hydroxylation is 2. The highest BCUT2D eigenvalue weighted by molar-refractivity contribution is 6.00. The molecule has 1 amide bonds. The average Bonchev–Trinajstić information content (AvgIpc) is 3.01. The fraction of sp³-hybridized carbons (Fsp3) is 0.600. The van der Waals surface area contributed by atoms with Gasteiger partial charge in [-0.05, 0) is 58.1 Å². The molecule has 5 nitrogen and oxygen atoms in total. The number of rotatable bonds is 6. The lowest BCUT2D eigenvalue weighted by atomic mass is 9.92. The van der Waals surface area contributed by atoms with Gasteiger partial charge >= 0.3 is 0 Å². The van der Waals surface area contributed by atoms with Crippen LogP contribution in [-0.2, 0) is 4.74 Å². The number of nitrogens with one attached hydrogen (secondary N) is 1. The lowest BCUT2D eigenvalue weighted by Crippen LogP contribution is -2.39. The van der Waals surface area contributed by atoms with Crippen molar-refractivity contribution < 1.29 is 9.53 Å². The summed E-state index contributed by atoms with van der Waals surface area (Å²) in [7, 11) is 0. The fourth-order valence-electron chi connectivity index (χ4n) is 3.60. The molecular formula is C20H29N3O2. The Morgan fingerprint density at radius 3 is 2.80 bits per heavy atom. The number of unbranched alkanes of at least 4 members (excludes halogenated alkanes) is 1. The molecule has 5 heteroatoms. The SMILES string of the molecule is CCCCO[C@H]1CC[C@H](NC(=O)c2ccn3c(C)cc(C)nc23)CC1. The van der Waals surface area contributed by atoms with E-state index in [1.165, 1.54) is 6.42 Å². The summed E-state index contributed by atoms with van der Waals surface area (Å²) < 4.78 is 7.88. The third-order valence-electron chi connectivity index (χ3n) is 5.04. The summed E-state index contributed by atoms with van der Waals surface area (Å²) in [6.07, 6.45) is 8.61. The van der Waals surface area contributed by atoms with E-state index in [1.807, 2.05) is 36.6 Å². The average molecular weight is 343 g/mol. The van der Waals surface area contributed by atoms with E-state index in [-0.39, 0.29) is 11.9 Å². The van der Waals surface area contributed by atoms with Gasteiger partial charge in [-0.1, -0.05) is 13.3 Å². The van der Waals surface area contributed by atoms with E-state index >= 15 is 0 Å². The topological polar surface area (TPSA) is 55.6 Å². The zero-order valence-electron chi connectivity index (χ0n) is 15.5. The largest absolute Gasteiger partial charge is 0.378 e. The highest BCUT2D eigenvalue weighted by atomic mass is 16.5. The van der Waals surface area contributed by atoms with E-state index in [0.717, 1.165) is 55.7 Å². The number of carbonyl (C=O) groups is 1. The van der Waals surface area contributed by atoms with Crippen molar-refractivity contribution in [3.05, 3.63) is 35.3 Å². The van der Waals surface area contributed by atoms with Crippen LogP contribution in [-0.4, -0.2) is 34.0 Å². The zero-order valence-corrected chi connectivity index (χ0v) is 15.5. The Kier molecular flexibility index (Phi) is 5.74. The molecule has 1 aliphatic rings. The minimum Gasteiger partial charge on any atom is -0.378 e. The molecular weight excluding hydrogens is 314 g/mol. The van der Waals surface area contributed by atoms with Crippen molar-refractivity contribution in [3.8, 4) is 0 Å². The second kappa shape index (κ2) is 8.00. The zero-order chi connectivity index (χ0) is 17.8. The van der Waals surface area contributed by atoms with E-state index in [0.29, 0.717) is 11.7 Å². The molecule has 2 aromatic rings. The summed E-state index contributed by atoms with van der Waals surface area (Å²) in [6.45, 7) is 7.03. The van der Waals surface area contributed by atoms with Crippen LogP contribution in [0.3, 0.4) is 0 Å². The summed E-state index contributed by atoms with van der Waals surface area (Å²) >= 11 is 0. The van der Waals surface area contributed by atoms with E-state index in [4.69, 9.17) is 4.74 Å². The first-order chi connectivity index (χ1) is 12.1.